The molecule has 3 aliphatic carbocycles. The van der Waals surface area contributed by atoms with Gasteiger partial charge in [-0.1, -0.05) is 50.3 Å². The number of hydrogen-bond acceptors (Lipinski definition) is 2. The number of benzene rings is 2. The van der Waals surface area contributed by atoms with Crippen molar-refractivity contribution in [1.82, 2.24) is 0 Å². The molecule has 2 fully saturated rings. The molecule has 0 aliphatic heterocycles. The average molecular weight is 346 g/mol. The number of rotatable bonds is 4. The van der Waals surface area contributed by atoms with E-state index in [0.29, 0.717) is 11.8 Å². The summed E-state index contributed by atoms with van der Waals surface area (Å²) in [7, 11) is 3.46. The van der Waals surface area contributed by atoms with Gasteiger partial charge in [0.05, 0.1) is 14.2 Å². The first-order valence-corrected chi connectivity index (χ1v) is 9.51. The summed E-state index contributed by atoms with van der Waals surface area (Å²) in [5.74, 6) is 3.19. The summed E-state index contributed by atoms with van der Waals surface area (Å²) < 4.78 is 10.8. The first-order chi connectivity index (χ1) is 12.6. The molecule has 2 aromatic carbocycles. The summed E-state index contributed by atoms with van der Waals surface area (Å²) in [5.41, 5.74) is 3.52. The van der Waals surface area contributed by atoms with Gasteiger partial charge in [-0.05, 0) is 59.1 Å². The summed E-state index contributed by atoms with van der Waals surface area (Å²) >= 11 is 0. The van der Waals surface area contributed by atoms with Gasteiger partial charge in [0, 0.05) is 10.8 Å². The Kier molecular flexibility index (Phi) is 3.04. The third-order valence-corrected chi connectivity index (χ3v) is 7.85. The van der Waals surface area contributed by atoms with E-state index in [-0.39, 0.29) is 16.2 Å². The van der Waals surface area contributed by atoms with Gasteiger partial charge in [-0.15, -0.1) is 0 Å². The van der Waals surface area contributed by atoms with E-state index in [0.717, 1.165) is 11.5 Å². The Labute approximate surface area is 155 Å². The summed E-state index contributed by atoms with van der Waals surface area (Å²) in [6.45, 7) is 4.93. The van der Waals surface area contributed by atoms with Gasteiger partial charge in [-0.2, -0.15) is 0 Å². The zero-order valence-electron chi connectivity index (χ0n) is 16.0. The van der Waals surface area contributed by atoms with Gasteiger partial charge < -0.3 is 9.47 Å². The van der Waals surface area contributed by atoms with Crippen LogP contribution < -0.4 is 9.47 Å². The first-order valence-electron chi connectivity index (χ1n) is 9.51. The third kappa shape index (κ3) is 1.44. The fourth-order valence-electron chi connectivity index (χ4n) is 7.12. The molecule has 2 saturated carbocycles. The van der Waals surface area contributed by atoms with E-state index in [9.17, 15) is 0 Å². The largest absolute Gasteiger partial charge is 0.497 e. The molecular formula is C24H26O2. The lowest BCUT2D eigenvalue weighted by Crippen LogP contribution is -2.49. The average Bonchev–Trinajstić information content (AvgIpc) is 2.90. The van der Waals surface area contributed by atoms with Crippen molar-refractivity contribution < 1.29 is 9.47 Å². The van der Waals surface area contributed by atoms with Crippen molar-refractivity contribution in [3.8, 4) is 11.5 Å². The zero-order chi connectivity index (χ0) is 18.2. The van der Waals surface area contributed by atoms with Crippen LogP contribution >= 0.6 is 0 Å². The molecule has 0 aromatic heterocycles. The van der Waals surface area contributed by atoms with Crippen LogP contribution in [-0.4, -0.2) is 14.2 Å². The molecule has 0 bridgehead atoms. The van der Waals surface area contributed by atoms with Crippen LogP contribution in [0.2, 0.25) is 0 Å². The Balaban J connectivity index is 1.68. The molecular weight excluding hydrogens is 320 g/mol. The van der Waals surface area contributed by atoms with E-state index in [2.05, 4.69) is 74.5 Å². The normalized spacial score (nSPS) is 35.2. The van der Waals surface area contributed by atoms with Gasteiger partial charge in [-0.25, -0.2) is 0 Å². The van der Waals surface area contributed by atoms with Gasteiger partial charge in [0.25, 0.3) is 0 Å². The molecule has 0 spiro atoms. The van der Waals surface area contributed by atoms with E-state index in [1.807, 2.05) is 0 Å². The number of allylic oxidation sites excluding steroid dienone is 2. The lowest BCUT2D eigenvalue weighted by atomic mass is 9.54. The second kappa shape index (κ2) is 4.94. The maximum atomic E-state index is 5.39. The monoisotopic (exact) mass is 346 g/mol. The molecule has 0 amide bonds. The van der Waals surface area contributed by atoms with Crippen molar-refractivity contribution in [2.45, 2.75) is 31.1 Å². The van der Waals surface area contributed by atoms with Crippen LogP contribution in [0.3, 0.4) is 0 Å². The first kappa shape index (κ1) is 16.0. The maximum absolute atomic E-state index is 5.39. The molecule has 0 N–H and O–H groups in total. The highest BCUT2D eigenvalue weighted by Crippen LogP contribution is 2.94. The van der Waals surface area contributed by atoms with Gasteiger partial charge in [-0.3, -0.25) is 0 Å². The van der Waals surface area contributed by atoms with E-state index < -0.39 is 0 Å². The van der Waals surface area contributed by atoms with Crippen molar-refractivity contribution in [3.63, 3.8) is 0 Å². The highest BCUT2D eigenvalue weighted by atomic mass is 16.5. The van der Waals surface area contributed by atoms with Crippen LogP contribution in [0.25, 0.3) is 0 Å². The van der Waals surface area contributed by atoms with Gasteiger partial charge >= 0.3 is 0 Å². The second-order valence-electron chi connectivity index (χ2n) is 8.49. The second-order valence-corrected chi connectivity index (χ2v) is 8.49. The Morgan fingerprint density at radius 1 is 0.769 bits per heavy atom. The van der Waals surface area contributed by atoms with Crippen LogP contribution in [0, 0.1) is 17.3 Å². The molecule has 4 atom stereocenters. The van der Waals surface area contributed by atoms with Crippen molar-refractivity contribution in [2.24, 2.45) is 17.3 Å². The van der Waals surface area contributed by atoms with Crippen molar-refractivity contribution in [2.75, 3.05) is 14.2 Å². The lowest BCUT2D eigenvalue weighted by Gasteiger charge is -2.48. The number of hydrogen-bond donors (Lipinski definition) is 0. The SMILES string of the molecule is COc1ccc([C@@]23[C@H]4CC=C[C@H]4[C@]2(c2ccc(OC)cc2)C3(C)C)cc1. The lowest BCUT2D eigenvalue weighted by molar-refractivity contribution is 0.145. The molecule has 0 saturated heterocycles. The third-order valence-electron chi connectivity index (χ3n) is 7.85. The molecule has 0 heterocycles. The maximum Gasteiger partial charge on any atom is 0.118 e. The van der Waals surface area contributed by atoms with Gasteiger partial charge in [0.1, 0.15) is 11.5 Å². The Bertz CT molecular complexity index is 877. The smallest absolute Gasteiger partial charge is 0.118 e. The molecule has 26 heavy (non-hydrogen) atoms. The molecule has 0 unspecified atom stereocenters. The topological polar surface area (TPSA) is 18.5 Å². The van der Waals surface area contributed by atoms with Gasteiger partial charge in [0.2, 0.25) is 0 Å². The predicted octanol–water partition coefficient (Wildman–Crippen LogP) is 5.13. The Hall–Kier alpha value is -2.22. The quantitative estimate of drug-likeness (QED) is 0.715. The van der Waals surface area contributed by atoms with E-state index >= 15 is 0 Å². The molecule has 134 valence electrons. The fraction of sp³-hybridized carbons (Fsp3) is 0.417. The molecule has 2 aromatic rings. The van der Waals surface area contributed by atoms with Gasteiger partial charge in [0.15, 0.2) is 0 Å². The van der Waals surface area contributed by atoms with E-state index in [1.54, 1.807) is 14.2 Å². The molecule has 0 radical (unpaired) electrons. The summed E-state index contributed by atoms with van der Waals surface area (Å²) in [5, 5.41) is 0. The summed E-state index contributed by atoms with van der Waals surface area (Å²) in [6.07, 6.45) is 6.07. The molecule has 2 heteroatoms. The zero-order valence-corrected chi connectivity index (χ0v) is 16.0. The number of fused-ring (bicyclic) bond motifs is 4. The van der Waals surface area contributed by atoms with E-state index in [1.165, 1.54) is 17.5 Å². The summed E-state index contributed by atoms with van der Waals surface area (Å²) in [4.78, 5) is 0. The fourth-order valence-corrected chi connectivity index (χ4v) is 7.12. The van der Waals surface area contributed by atoms with Crippen LogP contribution in [0.4, 0.5) is 0 Å². The minimum absolute atomic E-state index is 0.179. The Morgan fingerprint density at radius 3 is 1.77 bits per heavy atom. The highest BCUT2D eigenvalue weighted by molar-refractivity contribution is 5.66. The van der Waals surface area contributed by atoms with Crippen LogP contribution in [0.15, 0.2) is 60.7 Å². The van der Waals surface area contributed by atoms with Crippen molar-refractivity contribution in [1.29, 1.82) is 0 Å². The van der Waals surface area contributed by atoms with Crippen LogP contribution in [0.5, 0.6) is 11.5 Å². The minimum Gasteiger partial charge on any atom is -0.497 e. The van der Waals surface area contributed by atoms with Crippen LogP contribution in [0.1, 0.15) is 31.4 Å². The highest BCUT2D eigenvalue weighted by Gasteiger charge is 2.95. The molecule has 2 nitrogen and oxygen atoms in total. The van der Waals surface area contributed by atoms with Crippen molar-refractivity contribution in [3.05, 3.63) is 71.8 Å². The van der Waals surface area contributed by atoms with E-state index in [4.69, 9.17) is 9.47 Å². The number of methoxy groups -OCH3 is 2. The molecule has 5 rings (SSSR count). The standard InChI is InChI=1S/C24H26O2/c1-22(2)23(16-8-12-18(25-3)13-9-16)20-6-5-7-21(20)24(22,23)17-10-14-19(26-4)15-11-17/h5-6,8-15,20-21H,7H2,1-4H3/t20-,21+,23-,24+/m1/s1. The van der Waals surface area contributed by atoms with Crippen molar-refractivity contribution >= 4 is 0 Å². The predicted molar refractivity (Wildman–Crippen MR) is 104 cm³/mol. The van der Waals surface area contributed by atoms with Crippen LogP contribution in [-0.2, 0) is 10.8 Å². The number of ether oxygens (including phenoxy) is 2. The summed E-state index contributed by atoms with van der Waals surface area (Å²) in [6, 6.07) is 17.6. The minimum atomic E-state index is 0.179. The molecule has 3 aliphatic rings. The Morgan fingerprint density at radius 2 is 1.27 bits per heavy atom.